The van der Waals surface area contributed by atoms with Gasteiger partial charge in [0.15, 0.2) is 0 Å². The highest BCUT2D eigenvalue weighted by molar-refractivity contribution is 5.97. The fourth-order valence-corrected chi connectivity index (χ4v) is 3.50. The number of amides is 1. The third-order valence-corrected chi connectivity index (χ3v) is 4.71. The summed E-state index contributed by atoms with van der Waals surface area (Å²) in [5.41, 5.74) is 5.66. The number of carbonyl (C=O) groups is 1. The molecule has 0 fully saturated rings. The van der Waals surface area contributed by atoms with Crippen molar-refractivity contribution < 1.29 is 4.79 Å². The Morgan fingerprint density at radius 3 is 2.24 bits per heavy atom. The Balaban J connectivity index is 1.65. The van der Waals surface area contributed by atoms with Crippen molar-refractivity contribution in [2.45, 2.75) is 19.9 Å². The highest BCUT2D eigenvalue weighted by Gasteiger charge is 2.21. The number of rotatable bonds is 5. The Hall–Kier alpha value is -3.80. The number of anilines is 2. The number of carbonyl (C=O) groups excluding carboxylic acids is 1. The minimum absolute atomic E-state index is 0.163. The number of fused-ring (bicyclic) bond motifs is 1. The fourth-order valence-electron chi connectivity index (χ4n) is 3.50. The molecule has 146 valence electrons. The van der Waals surface area contributed by atoms with E-state index in [1.165, 1.54) is 0 Å². The third kappa shape index (κ3) is 4.21. The molecule has 29 heavy (non-hydrogen) atoms. The summed E-state index contributed by atoms with van der Waals surface area (Å²) in [5.74, 6) is -0.163. The lowest BCUT2D eigenvalue weighted by molar-refractivity contribution is -0.117. The molecule has 6 nitrogen and oxygen atoms in total. The highest BCUT2D eigenvalue weighted by Crippen LogP contribution is 2.24. The number of imidazole rings is 1. The van der Waals surface area contributed by atoms with E-state index in [1.54, 1.807) is 6.07 Å². The van der Waals surface area contributed by atoms with Crippen LogP contribution in [-0.4, -0.2) is 15.9 Å². The van der Waals surface area contributed by atoms with Gasteiger partial charge in [-0.1, -0.05) is 36.4 Å². The Morgan fingerprint density at radius 1 is 0.828 bits per heavy atom. The minimum Gasteiger partial charge on any atom is -0.370 e. The topological polar surface area (TPSA) is 89.8 Å². The molecule has 4 rings (SSSR count). The van der Waals surface area contributed by atoms with E-state index in [-0.39, 0.29) is 11.6 Å². The second-order valence-electron chi connectivity index (χ2n) is 7.19. The Labute approximate surface area is 168 Å². The van der Waals surface area contributed by atoms with Gasteiger partial charge >= 0.3 is 5.69 Å². The molecule has 6 heteroatoms. The molecule has 0 spiro atoms. The number of hydrogen-bond acceptors (Lipinski definition) is 3. The molecule has 1 atom stereocenters. The molecule has 1 unspecified atom stereocenters. The summed E-state index contributed by atoms with van der Waals surface area (Å²) in [4.78, 5) is 30.1. The van der Waals surface area contributed by atoms with Crippen molar-refractivity contribution in [1.29, 1.82) is 0 Å². The van der Waals surface area contributed by atoms with Crippen LogP contribution in [-0.2, 0) is 4.79 Å². The number of aromatic amines is 2. The molecular weight excluding hydrogens is 364 g/mol. The van der Waals surface area contributed by atoms with Crippen molar-refractivity contribution in [2.75, 3.05) is 10.6 Å². The second-order valence-corrected chi connectivity index (χ2v) is 7.19. The molecule has 0 aliphatic carbocycles. The molecule has 1 aromatic heterocycles. The number of aromatic nitrogens is 2. The first-order chi connectivity index (χ1) is 14.0. The van der Waals surface area contributed by atoms with Crippen LogP contribution in [0.1, 0.15) is 22.7 Å². The fraction of sp³-hybridized carbons (Fsp3) is 0.130. The van der Waals surface area contributed by atoms with E-state index in [0.717, 1.165) is 33.6 Å². The maximum Gasteiger partial charge on any atom is 0.323 e. The van der Waals surface area contributed by atoms with Crippen molar-refractivity contribution in [3.63, 3.8) is 0 Å². The summed E-state index contributed by atoms with van der Waals surface area (Å²) in [6, 6.07) is 20.4. The zero-order chi connectivity index (χ0) is 20.4. The van der Waals surface area contributed by atoms with Crippen LogP contribution >= 0.6 is 0 Å². The SMILES string of the molecule is Cc1cc(C)cc(NC(=O)C(Nc2ccc3[nH]c(=O)[nH]c3c2)c2ccccc2)c1. The average Bonchev–Trinajstić information content (AvgIpc) is 3.05. The van der Waals surface area contributed by atoms with E-state index in [2.05, 4.69) is 26.7 Å². The van der Waals surface area contributed by atoms with Crippen LogP contribution in [0, 0.1) is 13.8 Å². The number of hydrogen-bond donors (Lipinski definition) is 4. The molecule has 0 bridgehead atoms. The molecule has 4 N–H and O–H groups in total. The quantitative estimate of drug-likeness (QED) is 0.413. The standard InChI is InChI=1S/C23H22N4O2/c1-14-10-15(2)12-18(11-14)25-22(28)21(16-6-4-3-5-7-16)24-17-8-9-19-20(13-17)27-23(29)26-19/h3-13,21,24H,1-2H3,(H,25,28)(H2,26,27,29). The first-order valence-corrected chi connectivity index (χ1v) is 9.41. The first kappa shape index (κ1) is 18.6. The largest absolute Gasteiger partial charge is 0.370 e. The van der Waals surface area contributed by atoms with Gasteiger partial charge in [0.25, 0.3) is 5.91 Å². The summed E-state index contributed by atoms with van der Waals surface area (Å²) >= 11 is 0. The number of benzene rings is 3. The lowest BCUT2D eigenvalue weighted by atomic mass is 10.0. The zero-order valence-electron chi connectivity index (χ0n) is 16.2. The Bertz CT molecular complexity index is 1200. The van der Waals surface area contributed by atoms with Crippen LogP contribution in [0.5, 0.6) is 0 Å². The summed E-state index contributed by atoms with van der Waals surface area (Å²) in [6.07, 6.45) is 0. The van der Waals surface area contributed by atoms with Gasteiger partial charge in [-0.2, -0.15) is 0 Å². The van der Waals surface area contributed by atoms with Gasteiger partial charge in [-0.3, -0.25) is 4.79 Å². The predicted octanol–water partition coefficient (Wildman–Crippen LogP) is 4.26. The zero-order valence-corrected chi connectivity index (χ0v) is 16.2. The van der Waals surface area contributed by atoms with Crippen LogP contribution in [0.25, 0.3) is 11.0 Å². The molecule has 0 aliphatic heterocycles. The molecule has 0 radical (unpaired) electrons. The number of aryl methyl sites for hydroxylation is 2. The van der Waals surface area contributed by atoms with Gasteiger partial charge in [0.2, 0.25) is 0 Å². The van der Waals surface area contributed by atoms with Crippen molar-refractivity contribution in [1.82, 2.24) is 9.97 Å². The highest BCUT2D eigenvalue weighted by atomic mass is 16.2. The van der Waals surface area contributed by atoms with Crippen molar-refractivity contribution in [2.24, 2.45) is 0 Å². The van der Waals surface area contributed by atoms with Gasteiger partial charge < -0.3 is 20.6 Å². The normalized spacial score (nSPS) is 11.9. The van der Waals surface area contributed by atoms with E-state index in [1.807, 2.05) is 68.4 Å². The first-order valence-electron chi connectivity index (χ1n) is 9.41. The maximum absolute atomic E-state index is 13.2. The average molecular weight is 386 g/mol. The Morgan fingerprint density at radius 2 is 1.52 bits per heavy atom. The van der Waals surface area contributed by atoms with Crippen molar-refractivity contribution >= 4 is 28.3 Å². The summed E-state index contributed by atoms with van der Waals surface area (Å²) in [7, 11) is 0. The predicted molar refractivity (Wildman–Crippen MR) is 116 cm³/mol. The summed E-state index contributed by atoms with van der Waals surface area (Å²) < 4.78 is 0. The molecule has 0 saturated heterocycles. The second kappa shape index (κ2) is 7.67. The number of H-pyrrole nitrogens is 2. The minimum atomic E-state index is -0.597. The van der Waals surface area contributed by atoms with E-state index >= 15 is 0 Å². The van der Waals surface area contributed by atoms with Gasteiger partial charge in [0.05, 0.1) is 11.0 Å². The van der Waals surface area contributed by atoms with Crippen LogP contribution in [0.3, 0.4) is 0 Å². The van der Waals surface area contributed by atoms with Crippen molar-refractivity contribution in [3.05, 3.63) is 93.9 Å². The van der Waals surface area contributed by atoms with E-state index in [4.69, 9.17) is 0 Å². The molecule has 4 aromatic rings. The molecule has 1 heterocycles. The summed E-state index contributed by atoms with van der Waals surface area (Å²) in [5, 5.41) is 6.32. The van der Waals surface area contributed by atoms with E-state index < -0.39 is 6.04 Å². The van der Waals surface area contributed by atoms with Crippen LogP contribution in [0.2, 0.25) is 0 Å². The van der Waals surface area contributed by atoms with Gasteiger partial charge in [0, 0.05) is 11.4 Å². The molecule has 0 aliphatic rings. The molecule has 1 amide bonds. The molecule has 3 aromatic carbocycles. The van der Waals surface area contributed by atoms with Gasteiger partial charge in [-0.25, -0.2) is 4.79 Å². The monoisotopic (exact) mass is 386 g/mol. The molecular formula is C23H22N4O2. The smallest absolute Gasteiger partial charge is 0.323 e. The van der Waals surface area contributed by atoms with E-state index in [0.29, 0.717) is 5.52 Å². The van der Waals surface area contributed by atoms with Gasteiger partial charge in [-0.15, -0.1) is 0 Å². The van der Waals surface area contributed by atoms with Crippen LogP contribution in [0.4, 0.5) is 11.4 Å². The number of nitrogens with one attached hydrogen (secondary N) is 4. The third-order valence-electron chi connectivity index (χ3n) is 4.71. The van der Waals surface area contributed by atoms with Crippen LogP contribution < -0.4 is 16.3 Å². The summed E-state index contributed by atoms with van der Waals surface area (Å²) in [6.45, 7) is 4.00. The lowest BCUT2D eigenvalue weighted by Crippen LogP contribution is -2.27. The maximum atomic E-state index is 13.2. The van der Waals surface area contributed by atoms with Gasteiger partial charge in [-0.05, 0) is 60.9 Å². The lowest BCUT2D eigenvalue weighted by Gasteiger charge is -2.20. The van der Waals surface area contributed by atoms with Gasteiger partial charge in [0.1, 0.15) is 6.04 Å². The van der Waals surface area contributed by atoms with Crippen molar-refractivity contribution in [3.8, 4) is 0 Å². The molecule has 0 saturated carbocycles. The van der Waals surface area contributed by atoms with E-state index in [9.17, 15) is 9.59 Å². The van der Waals surface area contributed by atoms with Crippen LogP contribution in [0.15, 0.2) is 71.5 Å². The Kier molecular flexibility index (Phi) is 4.91.